The van der Waals surface area contributed by atoms with Crippen molar-refractivity contribution in [1.82, 2.24) is 9.80 Å². The molecule has 5 nitrogen and oxygen atoms in total. The highest BCUT2D eigenvalue weighted by Gasteiger charge is 2.24. The SMILES string of the molecule is CN(C)[C@H]1CCN(Cc2ccc(-c3ccc(Cl)c(C(=O)O)c3)o2)C1. The Bertz CT molecular complexity index is 742. The number of rotatable bonds is 5. The largest absolute Gasteiger partial charge is 0.478 e. The third-order valence-electron chi connectivity index (χ3n) is 4.50. The quantitative estimate of drug-likeness (QED) is 0.897. The number of likely N-dealkylation sites (tertiary alicyclic amines) is 1. The summed E-state index contributed by atoms with van der Waals surface area (Å²) in [5.74, 6) is 0.504. The fourth-order valence-electron chi connectivity index (χ4n) is 3.06. The van der Waals surface area contributed by atoms with Gasteiger partial charge in [-0.15, -0.1) is 0 Å². The molecule has 1 aliphatic heterocycles. The Morgan fingerprint density at radius 1 is 1.38 bits per heavy atom. The van der Waals surface area contributed by atoms with E-state index in [-0.39, 0.29) is 10.6 Å². The van der Waals surface area contributed by atoms with Crippen LogP contribution >= 0.6 is 11.6 Å². The minimum Gasteiger partial charge on any atom is -0.478 e. The van der Waals surface area contributed by atoms with Gasteiger partial charge >= 0.3 is 5.97 Å². The second kappa shape index (κ2) is 6.97. The van der Waals surface area contributed by atoms with Crippen molar-refractivity contribution in [3.05, 3.63) is 46.7 Å². The van der Waals surface area contributed by atoms with Gasteiger partial charge in [-0.05, 0) is 50.8 Å². The Balaban J connectivity index is 1.72. The highest BCUT2D eigenvalue weighted by atomic mass is 35.5. The van der Waals surface area contributed by atoms with Crippen LogP contribution < -0.4 is 0 Å². The Morgan fingerprint density at radius 3 is 2.83 bits per heavy atom. The molecule has 1 atom stereocenters. The first kappa shape index (κ1) is 17.0. The molecule has 1 saturated heterocycles. The van der Waals surface area contributed by atoms with Crippen molar-refractivity contribution in [3.8, 4) is 11.3 Å². The molecule has 0 unspecified atom stereocenters. The second-order valence-electron chi connectivity index (χ2n) is 6.41. The van der Waals surface area contributed by atoms with Crippen molar-refractivity contribution in [2.75, 3.05) is 27.2 Å². The molecule has 0 radical (unpaired) electrons. The zero-order valence-corrected chi connectivity index (χ0v) is 14.6. The maximum atomic E-state index is 11.2. The van der Waals surface area contributed by atoms with E-state index in [1.165, 1.54) is 6.42 Å². The third kappa shape index (κ3) is 3.64. The van der Waals surface area contributed by atoms with Crippen LogP contribution in [0.15, 0.2) is 34.7 Å². The number of furan rings is 1. The number of carboxylic acids is 1. The summed E-state index contributed by atoms with van der Waals surface area (Å²) >= 11 is 5.91. The van der Waals surface area contributed by atoms with E-state index in [1.807, 2.05) is 12.1 Å². The molecular formula is C18H21ClN2O3. The average Bonchev–Trinajstić information content (AvgIpc) is 3.17. The first-order chi connectivity index (χ1) is 11.4. The molecule has 2 heterocycles. The third-order valence-corrected chi connectivity index (χ3v) is 4.83. The van der Waals surface area contributed by atoms with E-state index in [2.05, 4.69) is 23.9 Å². The molecule has 24 heavy (non-hydrogen) atoms. The number of benzene rings is 1. The molecule has 1 fully saturated rings. The minimum atomic E-state index is -1.04. The molecule has 2 aromatic rings. The summed E-state index contributed by atoms with van der Waals surface area (Å²) < 4.78 is 5.91. The average molecular weight is 349 g/mol. The molecule has 3 rings (SSSR count). The number of aromatic carboxylic acids is 1. The van der Waals surface area contributed by atoms with E-state index in [0.29, 0.717) is 11.8 Å². The highest BCUT2D eigenvalue weighted by molar-refractivity contribution is 6.33. The van der Waals surface area contributed by atoms with E-state index in [0.717, 1.165) is 31.0 Å². The van der Waals surface area contributed by atoms with Gasteiger partial charge in [0.1, 0.15) is 11.5 Å². The topological polar surface area (TPSA) is 56.9 Å². The second-order valence-corrected chi connectivity index (χ2v) is 6.81. The lowest BCUT2D eigenvalue weighted by atomic mass is 10.1. The standard InChI is InChI=1S/C18H21ClN2O3/c1-20(2)13-7-8-21(10-13)11-14-4-6-17(24-14)12-3-5-16(19)15(9-12)18(22)23/h3-6,9,13H,7-8,10-11H2,1-2H3,(H,22,23)/t13-/m0/s1. The van der Waals surface area contributed by atoms with Gasteiger partial charge in [0, 0.05) is 24.7 Å². The summed E-state index contributed by atoms with van der Waals surface area (Å²) in [6, 6.07) is 9.33. The molecule has 1 aromatic carbocycles. The molecule has 1 aromatic heterocycles. The maximum Gasteiger partial charge on any atom is 0.337 e. The van der Waals surface area contributed by atoms with Crippen LogP contribution in [0.25, 0.3) is 11.3 Å². The van der Waals surface area contributed by atoms with Crippen LogP contribution in [0.5, 0.6) is 0 Å². The maximum absolute atomic E-state index is 11.2. The summed E-state index contributed by atoms with van der Waals surface area (Å²) in [4.78, 5) is 15.8. The van der Waals surface area contributed by atoms with E-state index < -0.39 is 5.97 Å². The number of likely N-dealkylation sites (N-methyl/N-ethyl adjacent to an activating group) is 1. The molecule has 1 aliphatic rings. The van der Waals surface area contributed by atoms with Crippen LogP contribution in [0.2, 0.25) is 5.02 Å². The van der Waals surface area contributed by atoms with Gasteiger partial charge < -0.3 is 14.4 Å². The lowest BCUT2D eigenvalue weighted by molar-refractivity contribution is 0.0697. The van der Waals surface area contributed by atoms with Crippen LogP contribution in [-0.4, -0.2) is 54.1 Å². The fraction of sp³-hybridized carbons (Fsp3) is 0.389. The van der Waals surface area contributed by atoms with Crippen LogP contribution in [0, 0.1) is 0 Å². The van der Waals surface area contributed by atoms with Crippen molar-refractivity contribution in [1.29, 1.82) is 0 Å². The van der Waals surface area contributed by atoms with Crippen molar-refractivity contribution < 1.29 is 14.3 Å². The Hall–Kier alpha value is -1.82. The molecule has 0 spiro atoms. The molecule has 1 N–H and O–H groups in total. The molecule has 0 aliphatic carbocycles. The summed E-state index contributed by atoms with van der Waals surface area (Å²) in [6.45, 7) is 2.86. The van der Waals surface area contributed by atoms with Gasteiger partial charge in [0.25, 0.3) is 0 Å². The zero-order chi connectivity index (χ0) is 17.3. The van der Waals surface area contributed by atoms with Gasteiger partial charge in [-0.3, -0.25) is 4.90 Å². The molecule has 0 amide bonds. The fourth-order valence-corrected chi connectivity index (χ4v) is 3.26. The van der Waals surface area contributed by atoms with E-state index in [4.69, 9.17) is 16.0 Å². The van der Waals surface area contributed by atoms with Gasteiger partial charge in [-0.1, -0.05) is 11.6 Å². The monoisotopic (exact) mass is 348 g/mol. The zero-order valence-electron chi connectivity index (χ0n) is 13.8. The lowest BCUT2D eigenvalue weighted by Crippen LogP contribution is -2.31. The van der Waals surface area contributed by atoms with Crippen molar-refractivity contribution >= 4 is 17.6 Å². The smallest absolute Gasteiger partial charge is 0.337 e. The molecule has 128 valence electrons. The Kier molecular flexibility index (Phi) is 4.94. The first-order valence-electron chi connectivity index (χ1n) is 7.95. The summed E-state index contributed by atoms with van der Waals surface area (Å²) in [7, 11) is 4.22. The number of carboxylic acid groups (broad SMARTS) is 1. The molecular weight excluding hydrogens is 328 g/mol. The summed E-state index contributed by atoms with van der Waals surface area (Å²) in [5, 5.41) is 9.40. The molecule has 6 heteroatoms. The minimum absolute atomic E-state index is 0.0838. The van der Waals surface area contributed by atoms with Gasteiger partial charge in [0.15, 0.2) is 0 Å². The molecule has 0 saturated carbocycles. The lowest BCUT2D eigenvalue weighted by Gasteiger charge is -2.19. The van der Waals surface area contributed by atoms with Crippen molar-refractivity contribution in [3.63, 3.8) is 0 Å². The van der Waals surface area contributed by atoms with Crippen molar-refractivity contribution in [2.24, 2.45) is 0 Å². The van der Waals surface area contributed by atoms with Gasteiger partial charge in [-0.25, -0.2) is 4.79 Å². The molecule has 0 bridgehead atoms. The highest BCUT2D eigenvalue weighted by Crippen LogP contribution is 2.28. The number of hydrogen-bond donors (Lipinski definition) is 1. The number of nitrogens with zero attached hydrogens (tertiary/aromatic N) is 2. The van der Waals surface area contributed by atoms with E-state index >= 15 is 0 Å². The number of halogens is 1. The van der Waals surface area contributed by atoms with Crippen LogP contribution in [0.1, 0.15) is 22.5 Å². The summed E-state index contributed by atoms with van der Waals surface area (Å²) in [6.07, 6.45) is 1.17. The van der Waals surface area contributed by atoms with Gasteiger partial charge in [0.2, 0.25) is 0 Å². The van der Waals surface area contributed by atoms with Crippen LogP contribution in [-0.2, 0) is 6.54 Å². The Labute approximate surface area is 146 Å². The van der Waals surface area contributed by atoms with E-state index in [9.17, 15) is 9.90 Å². The number of carbonyl (C=O) groups is 1. The van der Waals surface area contributed by atoms with E-state index in [1.54, 1.807) is 18.2 Å². The predicted molar refractivity (Wildman–Crippen MR) is 93.5 cm³/mol. The normalized spacial score (nSPS) is 18.4. The Morgan fingerprint density at radius 2 is 2.17 bits per heavy atom. The predicted octanol–water partition coefficient (Wildman–Crippen LogP) is 3.43. The summed E-state index contributed by atoms with van der Waals surface area (Å²) in [5.41, 5.74) is 0.802. The van der Waals surface area contributed by atoms with Gasteiger partial charge in [0.05, 0.1) is 17.1 Å². The van der Waals surface area contributed by atoms with Crippen LogP contribution in [0.3, 0.4) is 0 Å². The van der Waals surface area contributed by atoms with Crippen molar-refractivity contribution in [2.45, 2.75) is 19.0 Å². The number of hydrogen-bond acceptors (Lipinski definition) is 4. The van der Waals surface area contributed by atoms with Gasteiger partial charge in [-0.2, -0.15) is 0 Å². The van der Waals surface area contributed by atoms with Crippen LogP contribution in [0.4, 0.5) is 0 Å². The first-order valence-corrected chi connectivity index (χ1v) is 8.32.